The van der Waals surface area contributed by atoms with Crippen molar-refractivity contribution in [3.05, 3.63) is 81.9 Å². The molecule has 2 aromatic heterocycles. The second-order valence-corrected chi connectivity index (χ2v) is 13.1. The molecule has 1 saturated carbocycles. The summed E-state index contributed by atoms with van der Waals surface area (Å²) in [5.74, 6) is -1.32. The molecule has 13 nitrogen and oxygen atoms in total. The lowest BCUT2D eigenvalue weighted by atomic mass is 9.81. The van der Waals surface area contributed by atoms with Crippen LogP contribution in [0.15, 0.2) is 59.5 Å². The van der Waals surface area contributed by atoms with Gasteiger partial charge in [0.25, 0.3) is 11.5 Å². The van der Waals surface area contributed by atoms with Crippen LogP contribution < -0.4 is 32.6 Å². The first kappa shape index (κ1) is 36.3. The summed E-state index contributed by atoms with van der Waals surface area (Å²) < 4.78 is 0. The fraction of sp³-hybridized carbons (Fsp3) is 0.389. The number of carbonyl (C=O) groups excluding carboxylic acids is 4. The van der Waals surface area contributed by atoms with Crippen LogP contribution in [0.5, 0.6) is 0 Å². The Morgan fingerprint density at radius 2 is 1.74 bits per heavy atom. The molecular weight excluding hydrogens is 660 g/mol. The van der Waals surface area contributed by atoms with E-state index in [1.54, 1.807) is 30.5 Å². The topological polar surface area (TPSA) is 209 Å². The number of hydrogen-bond acceptors (Lipinski definition) is 7. The van der Waals surface area contributed by atoms with Gasteiger partial charge in [-0.1, -0.05) is 24.3 Å². The summed E-state index contributed by atoms with van der Waals surface area (Å²) in [4.78, 5) is 70.3. The van der Waals surface area contributed by atoms with E-state index in [4.69, 9.17) is 11.5 Å². The highest BCUT2D eigenvalue weighted by atomic mass is 35.5. The van der Waals surface area contributed by atoms with Gasteiger partial charge >= 0.3 is 0 Å². The van der Waals surface area contributed by atoms with Crippen LogP contribution in [0.1, 0.15) is 60.1 Å². The number of aryl methyl sites for hydroxylation is 1. The van der Waals surface area contributed by atoms with Gasteiger partial charge in [-0.15, -0.1) is 12.4 Å². The molecule has 1 aliphatic carbocycles. The first-order chi connectivity index (χ1) is 23.6. The standard InChI is InChI=1S/C36H42N8O5.ClH/c1-20-15-30(35(48)41-28-3-2-14-39-34(28)47)40-19-27(20)23-8-4-21(5-9-23)16-31(32(38)45)44(36(49)24-10-6-22(18-37)7-11-24)25-12-13-26-29(17-25)42-43-33(26)46;/h4-5,8-9,12-13,15,17,19,22,24,28,31H,2-3,6-7,10-11,14,16,18,37H2,1H3,(H2,38,45)(H,39,47)(H,41,48)(H2,42,43,46);1H/t22?,24?,28-,31+;/m1./s1. The lowest BCUT2D eigenvalue weighted by Gasteiger charge is -2.35. The summed E-state index contributed by atoms with van der Waals surface area (Å²) in [6, 6.07) is 12.7. The molecule has 0 unspecified atom stereocenters. The van der Waals surface area contributed by atoms with Crippen molar-refractivity contribution in [3.63, 3.8) is 0 Å². The van der Waals surface area contributed by atoms with Crippen molar-refractivity contribution in [3.8, 4) is 11.1 Å². The second kappa shape index (κ2) is 15.7. The molecule has 2 atom stereocenters. The first-order valence-electron chi connectivity index (χ1n) is 16.8. The quantitative estimate of drug-likeness (QED) is 0.145. The zero-order valence-electron chi connectivity index (χ0n) is 27.9. The van der Waals surface area contributed by atoms with Crippen molar-refractivity contribution in [2.75, 3.05) is 18.0 Å². The van der Waals surface area contributed by atoms with Crippen molar-refractivity contribution in [2.24, 2.45) is 23.3 Å². The highest BCUT2D eigenvalue weighted by Gasteiger charge is 2.36. The maximum atomic E-state index is 14.2. The van der Waals surface area contributed by atoms with Gasteiger partial charge in [-0.2, -0.15) is 0 Å². The molecule has 4 aromatic rings. The molecule has 0 bridgehead atoms. The molecule has 8 N–H and O–H groups in total. The van der Waals surface area contributed by atoms with Crippen LogP contribution in [0.4, 0.5) is 5.69 Å². The smallest absolute Gasteiger partial charge is 0.271 e. The average Bonchev–Trinajstić information content (AvgIpc) is 3.48. The monoisotopic (exact) mass is 702 g/mol. The number of nitrogens with one attached hydrogen (secondary N) is 4. The van der Waals surface area contributed by atoms with E-state index in [9.17, 15) is 24.0 Å². The number of anilines is 1. The maximum Gasteiger partial charge on any atom is 0.271 e. The molecular formula is C36H43ClN8O5. The van der Waals surface area contributed by atoms with E-state index in [1.807, 2.05) is 31.2 Å². The fourth-order valence-electron chi connectivity index (χ4n) is 6.96. The molecule has 2 aliphatic rings. The number of benzene rings is 2. The number of primary amides is 1. The summed E-state index contributed by atoms with van der Waals surface area (Å²) in [7, 11) is 0. The number of H-pyrrole nitrogens is 2. The molecule has 14 heteroatoms. The van der Waals surface area contributed by atoms with Crippen LogP contribution in [0, 0.1) is 18.8 Å². The highest BCUT2D eigenvalue weighted by molar-refractivity contribution is 6.03. The summed E-state index contributed by atoms with van der Waals surface area (Å²) >= 11 is 0. The number of nitrogens with zero attached hydrogens (tertiary/aromatic N) is 2. The summed E-state index contributed by atoms with van der Waals surface area (Å²) in [5, 5.41) is 11.4. The highest BCUT2D eigenvalue weighted by Crippen LogP contribution is 2.33. The number of rotatable bonds is 10. The van der Waals surface area contributed by atoms with Crippen LogP contribution in [-0.2, 0) is 20.8 Å². The number of fused-ring (bicyclic) bond motifs is 1. The minimum Gasteiger partial charge on any atom is -0.368 e. The molecule has 0 spiro atoms. The zero-order chi connectivity index (χ0) is 34.7. The van der Waals surface area contributed by atoms with Gasteiger partial charge in [0.1, 0.15) is 17.8 Å². The SMILES string of the molecule is Cc1cc(C(=O)N[C@@H]2CCCNC2=O)ncc1-c1ccc(C[C@@H](C(N)=O)N(C(=O)C2CCC(CN)CC2)c2ccc3c(=O)[nH][nH]c3c2)cc1.Cl. The molecule has 50 heavy (non-hydrogen) atoms. The second-order valence-electron chi connectivity index (χ2n) is 13.1. The number of piperidine rings is 1. The van der Waals surface area contributed by atoms with Gasteiger partial charge in [0, 0.05) is 36.3 Å². The molecule has 1 aliphatic heterocycles. The van der Waals surface area contributed by atoms with Crippen LogP contribution in [-0.4, -0.2) is 64.0 Å². The minimum atomic E-state index is -0.985. The number of hydrogen-bond donors (Lipinski definition) is 6. The van der Waals surface area contributed by atoms with Crippen LogP contribution in [0.2, 0.25) is 0 Å². The Hall–Kier alpha value is -5.01. The number of pyridine rings is 1. The minimum absolute atomic E-state index is 0. The van der Waals surface area contributed by atoms with E-state index in [2.05, 4.69) is 25.8 Å². The van der Waals surface area contributed by atoms with E-state index in [0.29, 0.717) is 54.9 Å². The fourth-order valence-corrected chi connectivity index (χ4v) is 6.96. The Labute approximate surface area is 295 Å². The van der Waals surface area contributed by atoms with Crippen molar-refractivity contribution in [1.82, 2.24) is 25.8 Å². The van der Waals surface area contributed by atoms with Gasteiger partial charge in [-0.05, 0) is 98.9 Å². The molecule has 1 saturated heterocycles. The van der Waals surface area contributed by atoms with E-state index >= 15 is 0 Å². The lowest BCUT2D eigenvalue weighted by Crippen LogP contribution is -2.52. The third-order valence-corrected chi connectivity index (χ3v) is 9.87. The predicted molar refractivity (Wildman–Crippen MR) is 193 cm³/mol. The maximum absolute atomic E-state index is 14.2. The van der Waals surface area contributed by atoms with Crippen molar-refractivity contribution in [1.29, 1.82) is 0 Å². The molecule has 4 amide bonds. The Morgan fingerprint density at radius 3 is 2.40 bits per heavy atom. The number of nitrogens with two attached hydrogens (primary N) is 2. The van der Waals surface area contributed by atoms with Crippen molar-refractivity contribution < 1.29 is 19.2 Å². The molecule has 2 aromatic carbocycles. The Morgan fingerprint density at radius 1 is 1.00 bits per heavy atom. The van der Waals surface area contributed by atoms with Crippen LogP contribution >= 0.6 is 12.4 Å². The third-order valence-electron chi connectivity index (χ3n) is 9.87. The van der Waals surface area contributed by atoms with Crippen LogP contribution in [0.3, 0.4) is 0 Å². The number of aromatic amines is 2. The predicted octanol–water partition coefficient (Wildman–Crippen LogP) is 2.85. The first-order valence-corrected chi connectivity index (χ1v) is 16.8. The molecule has 2 fully saturated rings. The Bertz CT molecular complexity index is 1930. The number of halogens is 1. The number of amides is 4. The molecule has 3 heterocycles. The van der Waals surface area contributed by atoms with E-state index in [1.165, 1.54) is 4.90 Å². The third kappa shape index (κ3) is 7.74. The van der Waals surface area contributed by atoms with Crippen molar-refractivity contribution in [2.45, 2.75) is 64.0 Å². The van der Waals surface area contributed by atoms with Crippen LogP contribution in [0.25, 0.3) is 22.0 Å². The largest absolute Gasteiger partial charge is 0.368 e. The Kier molecular flexibility index (Phi) is 11.4. The molecule has 0 radical (unpaired) electrons. The van der Waals surface area contributed by atoms with Gasteiger partial charge in [-0.25, -0.2) is 0 Å². The van der Waals surface area contributed by atoms with Gasteiger partial charge in [-0.3, -0.25) is 44.1 Å². The van der Waals surface area contributed by atoms with Gasteiger partial charge in [0.2, 0.25) is 17.7 Å². The normalized spacial score (nSPS) is 19.6. The average molecular weight is 703 g/mol. The summed E-state index contributed by atoms with van der Waals surface area (Å²) in [6.45, 7) is 3.08. The van der Waals surface area contributed by atoms with E-state index < -0.39 is 23.9 Å². The number of aromatic nitrogens is 3. The van der Waals surface area contributed by atoms with Crippen molar-refractivity contribution >= 4 is 52.6 Å². The van der Waals surface area contributed by atoms with Gasteiger partial charge in [0.15, 0.2) is 0 Å². The summed E-state index contributed by atoms with van der Waals surface area (Å²) in [6.07, 6.45) is 6.21. The summed E-state index contributed by atoms with van der Waals surface area (Å²) in [5.41, 5.74) is 16.2. The lowest BCUT2D eigenvalue weighted by molar-refractivity contribution is -0.127. The molecule has 264 valence electrons. The number of carbonyl (C=O) groups is 4. The molecule has 6 rings (SSSR count). The van der Waals surface area contributed by atoms with E-state index in [0.717, 1.165) is 41.5 Å². The van der Waals surface area contributed by atoms with Gasteiger partial charge < -0.3 is 22.1 Å². The van der Waals surface area contributed by atoms with E-state index in [-0.39, 0.29) is 47.8 Å². The van der Waals surface area contributed by atoms with Gasteiger partial charge in [0.05, 0.1) is 10.9 Å². The Balaban J connectivity index is 0.00000486. The zero-order valence-corrected chi connectivity index (χ0v) is 28.7.